The summed E-state index contributed by atoms with van der Waals surface area (Å²) in [6, 6.07) is 10.1. The first-order valence-electron chi connectivity index (χ1n) is 5.32. The highest BCUT2D eigenvalue weighted by Gasteiger charge is 2.11. The van der Waals surface area contributed by atoms with Crippen molar-refractivity contribution in [1.29, 1.82) is 0 Å². The van der Waals surface area contributed by atoms with E-state index in [0.717, 1.165) is 11.8 Å². The largest absolute Gasteiger partial charge is 0.303 e. The lowest BCUT2D eigenvalue weighted by Crippen LogP contribution is -2.27. The average molecular weight is 219 g/mol. The van der Waals surface area contributed by atoms with Crippen LogP contribution in [0, 0.1) is 0 Å². The molecule has 0 aliphatic heterocycles. The van der Waals surface area contributed by atoms with Crippen molar-refractivity contribution in [2.45, 2.75) is 25.9 Å². The molecule has 0 aromatic heterocycles. The van der Waals surface area contributed by atoms with Crippen LogP contribution in [0.4, 0.5) is 0 Å². The number of aldehydes is 1. The third-order valence-electron chi connectivity index (χ3n) is 2.34. The minimum absolute atomic E-state index is 0.0707. The fourth-order valence-corrected chi connectivity index (χ4v) is 1.42. The molecule has 0 aliphatic rings. The van der Waals surface area contributed by atoms with Gasteiger partial charge >= 0.3 is 0 Å². The van der Waals surface area contributed by atoms with E-state index in [1.165, 1.54) is 0 Å². The van der Waals surface area contributed by atoms with Gasteiger partial charge in [0, 0.05) is 6.42 Å². The van der Waals surface area contributed by atoms with Crippen molar-refractivity contribution in [3.8, 4) is 0 Å². The Hall–Kier alpha value is -1.71. The van der Waals surface area contributed by atoms with Gasteiger partial charge in [-0.2, -0.15) is 5.11 Å². The highest BCUT2D eigenvalue weighted by Crippen LogP contribution is 2.10. The second kappa shape index (κ2) is 6.71. The van der Waals surface area contributed by atoms with Gasteiger partial charge < -0.3 is 4.79 Å². The Kier molecular flexibility index (Phi) is 5.19. The van der Waals surface area contributed by atoms with E-state index < -0.39 is 0 Å². The summed E-state index contributed by atoms with van der Waals surface area (Å²) in [6.45, 7) is 2.64. The summed E-state index contributed by atoms with van der Waals surface area (Å²) in [5.74, 6) is 0. The zero-order valence-electron chi connectivity index (χ0n) is 9.71. The molecule has 86 valence electrons. The fraction of sp³-hybridized carbons (Fsp3) is 0.417. The Bertz CT molecular complexity index is 337. The molecule has 1 aromatic carbocycles. The number of hydrogen-bond acceptors (Lipinski definition) is 3. The Balaban J connectivity index is 2.68. The topological polar surface area (TPSA) is 45.0 Å². The number of hydrogen-bond donors (Lipinski definition) is 0. The highest BCUT2D eigenvalue weighted by atomic mass is 16.1. The Labute approximate surface area is 96.0 Å². The number of carbonyl (C=O) groups excluding carboxylic acids is 1. The van der Waals surface area contributed by atoms with Crippen LogP contribution in [0.2, 0.25) is 0 Å². The summed E-state index contributed by atoms with van der Waals surface area (Å²) in [4.78, 5) is 10.5. The van der Waals surface area contributed by atoms with Crippen LogP contribution >= 0.6 is 0 Å². The molecule has 0 amide bonds. The SMILES string of the molecule is CN=NN(Cc1ccccc1)C(C)CC=O. The predicted octanol–water partition coefficient (Wildman–Crippen LogP) is 2.46. The standard InChI is InChI=1S/C12H17N3O/c1-11(8-9-16)15(14-13-2)10-12-6-4-3-5-7-12/h3-7,9,11H,8,10H2,1-2H3. The van der Waals surface area contributed by atoms with Gasteiger partial charge in [-0.3, -0.25) is 5.01 Å². The van der Waals surface area contributed by atoms with Crippen molar-refractivity contribution in [2.24, 2.45) is 10.3 Å². The monoisotopic (exact) mass is 219 g/mol. The maximum atomic E-state index is 10.5. The van der Waals surface area contributed by atoms with Gasteiger partial charge in [0.25, 0.3) is 0 Å². The zero-order chi connectivity index (χ0) is 11.8. The first kappa shape index (κ1) is 12.4. The van der Waals surface area contributed by atoms with Gasteiger partial charge in [-0.05, 0) is 12.5 Å². The van der Waals surface area contributed by atoms with Crippen LogP contribution in [0.15, 0.2) is 40.7 Å². The van der Waals surface area contributed by atoms with Crippen LogP contribution in [-0.4, -0.2) is 24.4 Å². The van der Waals surface area contributed by atoms with Crippen molar-refractivity contribution in [1.82, 2.24) is 5.01 Å². The summed E-state index contributed by atoms with van der Waals surface area (Å²) >= 11 is 0. The van der Waals surface area contributed by atoms with Gasteiger partial charge in [-0.15, -0.1) is 0 Å². The molecule has 4 heteroatoms. The van der Waals surface area contributed by atoms with Gasteiger partial charge in [0.2, 0.25) is 0 Å². The number of rotatable bonds is 6. The molecule has 0 spiro atoms. The molecule has 1 aromatic rings. The maximum absolute atomic E-state index is 10.5. The van der Waals surface area contributed by atoms with Crippen LogP contribution in [0.3, 0.4) is 0 Å². The van der Waals surface area contributed by atoms with E-state index in [0.29, 0.717) is 13.0 Å². The van der Waals surface area contributed by atoms with Crippen molar-refractivity contribution >= 4 is 6.29 Å². The molecule has 0 aliphatic carbocycles. The van der Waals surface area contributed by atoms with Crippen molar-refractivity contribution in [2.75, 3.05) is 7.05 Å². The molecule has 0 saturated heterocycles. The minimum Gasteiger partial charge on any atom is -0.303 e. The summed E-state index contributed by atoms with van der Waals surface area (Å²) < 4.78 is 0. The van der Waals surface area contributed by atoms with E-state index in [4.69, 9.17) is 0 Å². The average Bonchev–Trinajstić information content (AvgIpc) is 2.30. The Morgan fingerprint density at radius 3 is 2.62 bits per heavy atom. The third kappa shape index (κ3) is 3.81. The van der Waals surface area contributed by atoms with E-state index >= 15 is 0 Å². The molecule has 0 N–H and O–H groups in total. The molecule has 0 heterocycles. The molecule has 0 radical (unpaired) electrons. The first-order valence-corrected chi connectivity index (χ1v) is 5.32. The lowest BCUT2D eigenvalue weighted by Gasteiger charge is -2.23. The molecular weight excluding hydrogens is 202 g/mol. The molecule has 0 bridgehead atoms. The smallest absolute Gasteiger partial charge is 0.122 e. The molecule has 16 heavy (non-hydrogen) atoms. The highest BCUT2D eigenvalue weighted by molar-refractivity contribution is 5.50. The zero-order valence-corrected chi connectivity index (χ0v) is 9.71. The molecule has 1 rings (SSSR count). The van der Waals surface area contributed by atoms with E-state index in [-0.39, 0.29) is 6.04 Å². The van der Waals surface area contributed by atoms with Crippen LogP contribution in [-0.2, 0) is 11.3 Å². The maximum Gasteiger partial charge on any atom is 0.122 e. The minimum atomic E-state index is 0.0707. The van der Waals surface area contributed by atoms with Gasteiger partial charge in [-0.25, -0.2) is 0 Å². The quantitative estimate of drug-likeness (QED) is 0.419. The Morgan fingerprint density at radius 1 is 1.38 bits per heavy atom. The molecule has 0 saturated carbocycles. The molecule has 1 atom stereocenters. The van der Waals surface area contributed by atoms with E-state index in [9.17, 15) is 4.79 Å². The summed E-state index contributed by atoms with van der Waals surface area (Å²) in [7, 11) is 1.63. The molecule has 4 nitrogen and oxygen atoms in total. The predicted molar refractivity (Wildman–Crippen MR) is 62.9 cm³/mol. The van der Waals surface area contributed by atoms with Crippen LogP contribution < -0.4 is 0 Å². The molecular formula is C12H17N3O. The normalized spacial score (nSPS) is 12.6. The van der Waals surface area contributed by atoms with Gasteiger partial charge in [0.05, 0.1) is 19.6 Å². The third-order valence-corrected chi connectivity index (χ3v) is 2.34. The van der Waals surface area contributed by atoms with Crippen LogP contribution in [0.25, 0.3) is 0 Å². The first-order chi connectivity index (χ1) is 7.77. The van der Waals surface area contributed by atoms with Crippen LogP contribution in [0.5, 0.6) is 0 Å². The van der Waals surface area contributed by atoms with Gasteiger partial charge in [0.1, 0.15) is 6.29 Å². The van der Waals surface area contributed by atoms with Crippen molar-refractivity contribution < 1.29 is 4.79 Å². The summed E-state index contributed by atoms with van der Waals surface area (Å²) in [5.41, 5.74) is 1.16. The van der Waals surface area contributed by atoms with Gasteiger partial charge in [0.15, 0.2) is 0 Å². The fourth-order valence-electron chi connectivity index (χ4n) is 1.42. The van der Waals surface area contributed by atoms with Crippen molar-refractivity contribution in [3.05, 3.63) is 35.9 Å². The lowest BCUT2D eigenvalue weighted by atomic mass is 10.2. The number of carbonyl (C=O) groups is 1. The second-order valence-corrected chi connectivity index (χ2v) is 3.62. The number of benzene rings is 1. The molecule has 0 fully saturated rings. The molecule has 1 unspecified atom stereocenters. The summed E-state index contributed by atoms with van der Waals surface area (Å²) in [5, 5.41) is 9.63. The van der Waals surface area contributed by atoms with E-state index in [1.54, 1.807) is 7.05 Å². The van der Waals surface area contributed by atoms with Gasteiger partial charge in [-0.1, -0.05) is 35.6 Å². The van der Waals surface area contributed by atoms with Crippen LogP contribution in [0.1, 0.15) is 18.9 Å². The number of nitrogens with zero attached hydrogens (tertiary/aromatic N) is 3. The van der Waals surface area contributed by atoms with E-state index in [1.807, 2.05) is 42.3 Å². The Morgan fingerprint density at radius 2 is 2.06 bits per heavy atom. The second-order valence-electron chi connectivity index (χ2n) is 3.62. The van der Waals surface area contributed by atoms with E-state index in [2.05, 4.69) is 10.3 Å². The van der Waals surface area contributed by atoms with Crippen molar-refractivity contribution in [3.63, 3.8) is 0 Å². The summed E-state index contributed by atoms with van der Waals surface area (Å²) in [6.07, 6.45) is 1.37. The lowest BCUT2D eigenvalue weighted by molar-refractivity contribution is -0.108.